The Morgan fingerprint density at radius 3 is 2.48 bits per heavy atom. The maximum atomic E-state index is 13.1. The minimum absolute atomic E-state index is 0.0725. The Balaban J connectivity index is 1.81. The Bertz CT molecular complexity index is 699. The van der Waals surface area contributed by atoms with Crippen molar-refractivity contribution in [3.05, 3.63) is 71.0 Å². The average Bonchev–Trinajstić information content (AvgIpc) is 2.56. The van der Waals surface area contributed by atoms with E-state index in [1.165, 1.54) is 12.1 Å². The summed E-state index contributed by atoms with van der Waals surface area (Å²) >= 11 is 0. The van der Waals surface area contributed by atoms with Crippen molar-refractivity contribution >= 4 is 5.91 Å². The molecule has 2 aromatic carbocycles. The lowest BCUT2D eigenvalue weighted by Crippen LogP contribution is -2.49. The van der Waals surface area contributed by atoms with Gasteiger partial charge in [0, 0.05) is 25.2 Å². The molecule has 0 aromatic heterocycles. The summed E-state index contributed by atoms with van der Waals surface area (Å²) in [5.41, 5.74) is 2.79. The zero-order chi connectivity index (χ0) is 16.4. The predicted octanol–water partition coefficient (Wildman–Crippen LogP) is 3.26. The van der Waals surface area contributed by atoms with Crippen LogP contribution in [0.1, 0.15) is 27.5 Å². The predicted molar refractivity (Wildman–Crippen MR) is 88.9 cm³/mol. The molecular weight excluding hydrogens is 291 g/mol. The maximum absolute atomic E-state index is 13.1. The standard InChI is InChI=1S/C19H21FN2O/c1-14-5-3-4-6-17(14)19(23)22-12-11-21(2)18(13-22)15-7-9-16(20)10-8-15/h3-10,18H,11-13H2,1-2H3. The van der Waals surface area contributed by atoms with Crippen molar-refractivity contribution in [1.82, 2.24) is 9.80 Å². The number of aryl methyl sites for hydroxylation is 1. The Hall–Kier alpha value is -2.20. The molecule has 0 spiro atoms. The molecule has 0 bridgehead atoms. The largest absolute Gasteiger partial charge is 0.335 e. The topological polar surface area (TPSA) is 23.6 Å². The SMILES string of the molecule is Cc1ccccc1C(=O)N1CCN(C)C(c2ccc(F)cc2)C1. The first kappa shape index (κ1) is 15.7. The molecule has 1 atom stereocenters. The highest BCUT2D eigenvalue weighted by molar-refractivity contribution is 5.95. The number of hydrogen-bond acceptors (Lipinski definition) is 2. The summed E-state index contributed by atoms with van der Waals surface area (Å²) in [5.74, 6) is -0.164. The molecule has 1 amide bonds. The van der Waals surface area contributed by atoms with E-state index in [1.807, 2.05) is 43.1 Å². The summed E-state index contributed by atoms with van der Waals surface area (Å²) in [7, 11) is 2.05. The summed E-state index contributed by atoms with van der Waals surface area (Å²) < 4.78 is 13.1. The van der Waals surface area contributed by atoms with Crippen molar-refractivity contribution in [3.8, 4) is 0 Å². The van der Waals surface area contributed by atoms with Gasteiger partial charge in [0.2, 0.25) is 0 Å². The van der Waals surface area contributed by atoms with Crippen molar-refractivity contribution in [2.24, 2.45) is 0 Å². The van der Waals surface area contributed by atoms with Crippen molar-refractivity contribution in [3.63, 3.8) is 0 Å². The van der Waals surface area contributed by atoms with Crippen LogP contribution in [0.15, 0.2) is 48.5 Å². The fourth-order valence-electron chi connectivity index (χ4n) is 3.09. The van der Waals surface area contributed by atoms with E-state index in [0.29, 0.717) is 13.1 Å². The Kier molecular flexibility index (Phi) is 4.44. The van der Waals surface area contributed by atoms with E-state index in [9.17, 15) is 9.18 Å². The number of hydrogen-bond donors (Lipinski definition) is 0. The first-order valence-electron chi connectivity index (χ1n) is 7.87. The lowest BCUT2D eigenvalue weighted by molar-refractivity contribution is 0.0545. The van der Waals surface area contributed by atoms with Crippen LogP contribution in [0.2, 0.25) is 0 Å². The van der Waals surface area contributed by atoms with Crippen molar-refractivity contribution in [2.75, 3.05) is 26.7 Å². The van der Waals surface area contributed by atoms with Gasteiger partial charge >= 0.3 is 0 Å². The van der Waals surface area contributed by atoms with E-state index in [1.54, 1.807) is 12.1 Å². The van der Waals surface area contributed by atoms with E-state index < -0.39 is 0 Å². The molecule has 1 aliphatic rings. The molecule has 4 heteroatoms. The van der Waals surface area contributed by atoms with Gasteiger partial charge in [-0.1, -0.05) is 30.3 Å². The highest BCUT2D eigenvalue weighted by Gasteiger charge is 2.29. The first-order chi connectivity index (χ1) is 11.1. The molecule has 1 aliphatic heterocycles. The minimum Gasteiger partial charge on any atom is -0.335 e. The molecule has 0 radical (unpaired) electrons. The summed E-state index contributed by atoms with van der Waals surface area (Å²) in [6.45, 7) is 4.09. The van der Waals surface area contributed by atoms with Crippen LogP contribution in [0.3, 0.4) is 0 Å². The number of carbonyl (C=O) groups excluding carboxylic acids is 1. The van der Waals surface area contributed by atoms with Crippen LogP contribution in [0.4, 0.5) is 4.39 Å². The molecule has 0 N–H and O–H groups in total. The summed E-state index contributed by atoms with van der Waals surface area (Å²) in [4.78, 5) is 16.9. The van der Waals surface area contributed by atoms with Crippen LogP contribution in [-0.4, -0.2) is 42.4 Å². The van der Waals surface area contributed by atoms with E-state index in [-0.39, 0.29) is 17.8 Å². The molecule has 3 rings (SSSR count). The van der Waals surface area contributed by atoms with Crippen LogP contribution in [0.25, 0.3) is 0 Å². The normalized spacial score (nSPS) is 18.9. The number of rotatable bonds is 2. The summed E-state index contributed by atoms with van der Waals surface area (Å²) in [6, 6.07) is 14.3. The fraction of sp³-hybridized carbons (Fsp3) is 0.316. The fourth-order valence-corrected chi connectivity index (χ4v) is 3.09. The molecule has 1 unspecified atom stereocenters. The second-order valence-electron chi connectivity index (χ2n) is 6.11. The third kappa shape index (κ3) is 3.27. The number of benzene rings is 2. The molecule has 1 fully saturated rings. The summed E-state index contributed by atoms with van der Waals surface area (Å²) in [5, 5.41) is 0. The Morgan fingerprint density at radius 2 is 1.78 bits per heavy atom. The maximum Gasteiger partial charge on any atom is 0.254 e. The molecule has 0 saturated carbocycles. The lowest BCUT2D eigenvalue weighted by atomic mass is 10.0. The second kappa shape index (κ2) is 6.50. The third-order valence-electron chi connectivity index (χ3n) is 4.57. The van der Waals surface area contributed by atoms with Crippen molar-refractivity contribution < 1.29 is 9.18 Å². The Morgan fingerprint density at radius 1 is 1.09 bits per heavy atom. The molecule has 23 heavy (non-hydrogen) atoms. The van der Waals surface area contributed by atoms with Gasteiger partial charge in [-0.05, 0) is 43.3 Å². The van der Waals surface area contributed by atoms with Gasteiger partial charge < -0.3 is 4.90 Å². The van der Waals surface area contributed by atoms with Crippen LogP contribution >= 0.6 is 0 Å². The van der Waals surface area contributed by atoms with Gasteiger partial charge in [-0.2, -0.15) is 0 Å². The van der Waals surface area contributed by atoms with Crippen molar-refractivity contribution in [2.45, 2.75) is 13.0 Å². The molecular formula is C19H21FN2O. The molecule has 1 saturated heterocycles. The van der Waals surface area contributed by atoms with Crippen LogP contribution < -0.4 is 0 Å². The van der Waals surface area contributed by atoms with E-state index in [4.69, 9.17) is 0 Å². The molecule has 3 nitrogen and oxygen atoms in total. The molecule has 2 aromatic rings. The third-order valence-corrected chi connectivity index (χ3v) is 4.57. The van der Waals surface area contributed by atoms with Crippen LogP contribution in [0.5, 0.6) is 0 Å². The number of nitrogens with zero attached hydrogens (tertiary/aromatic N) is 2. The van der Waals surface area contributed by atoms with E-state index >= 15 is 0 Å². The number of halogens is 1. The minimum atomic E-state index is -0.236. The Labute approximate surface area is 136 Å². The zero-order valence-corrected chi connectivity index (χ0v) is 13.5. The lowest BCUT2D eigenvalue weighted by Gasteiger charge is -2.40. The van der Waals surface area contributed by atoms with Gasteiger partial charge in [0.1, 0.15) is 5.82 Å². The smallest absolute Gasteiger partial charge is 0.254 e. The summed E-state index contributed by atoms with van der Waals surface area (Å²) in [6.07, 6.45) is 0. The van der Waals surface area contributed by atoms with Crippen molar-refractivity contribution in [1.29, 1.82) is 0 Å². The first-order valence-corrected chi connectivity index (χ1v) is 7.87. The molecule has 0 aliphatic carbocycles. The van der Waals surface area contributed by atoms with Gasteiger partial charge in [0.25, 0.3) is 5.91 Å². The zero-order valence-electron chi connectivity index (χ0n) is 13.5. The van der Waals surface area contributed by atoms with Gasteiger partial charge in [-0.3, -0.25) is 9.69 Å². The van der Waals surface area contributed by atoms with Crippen LogP contribution in [-0.2, 0) is 0 Å². The molecule has 120 valence electrons. The van der Waals surface area contributed by atoms with Gasteiger partial charge in [0.15, 0.2) is 0 Å². The quantitative estimate of drug-likeness (QED) is 0.850. The number of carbonyl (C=O) groups is 1. The highest BCUT2D eigenvalue weighted by atomic mass is 19.1. The average molecular weight is 312 g/mol. The van der Waals surface area contributed by atoms with E-state index in [2.05, 4.69) is 4.90 Å². The van der Waals surface area contributed by atoms with Gasteiger partial charge in [-0.25, -0.2) is 4.39 Å². The van der Waals surface area contributed by atoms with Crippen LogP contribution in [0, 0.1) is 12.7 Å². The number of amides is 1. The monoisotopic (exact) mass is 312 g/mol. The molecule has 1 heterocycles. The van der Waals surface area contributed by atoms with Gasteiger partial charge in [0.05, 0.1) is 6.04 Å². The van der Waals surface area contributed by atoms with E-state index in [0.717, 1.165) is 23.2 Å². The second-order valence-corrected chi connectivity index (χ2v) is 6.11. The highest BCUT2D eigenvalue weighted by Crippen LogP contribution is 2.25. The number of likely N-dealkylation sites (N-methyl/N-ethyl adjacent to an activating group) is 1. The number of piperazine rings is 1. The van der Waals surface area contributed by atoms with Gasteiger partial charge in [-0.15, -0.1) is 0 Å².